The Morgan fingerprint density at radius 1 is 1.12 bits per heavy atom. The fraction of sp³-hybridized carbons (Fsp3) is 0. The van der Waals surface area contributed by atoms with Crippen LogP contribution in [0.1, 0.15) is 0 Å². The summed E-state index contributed by atoms with van der Waals surface area (Å²) in [4.78, 5) is 3.79. The number of sulfonamides is 1. The quantitative estimate of drug-likeness (QED) is 0.909. The van der Waals surface area contributed by atoms with E-state index in [0.29, 0.717) is 5.69 Å². The van der Waals surface area contributed by atoms with E-state index in [-0.39, 0.29) is 4.90 Å². The molecule has 1 aromatic carbocycles. The zero-order chi connectivity index (χ0) is 12.3. The van der Waals surface area contributed by atoms with Gasteiger partial charge in [0, 0.05) is 18.1 Å². The minimum Gasteiger partial charge on any atom is -0.280 e. The highest BCUT2D eigenvalue weighted by Crippen LogP contribution is 2.15. The van der Waals surface area contributed by atoms with Gasteiger partial charge in [0.15, 0.2) is 0 Å². The Morgan fingerprint density at radius 2 is 1.82 bits per heavy atom. The maximum absolute atomic E-state index is 12.7. The summed E-state index contributed by atoms with van der Waals surface area (Å²) in [6, 6.07) is 8.02. The highest BCUT2D eigenvalue weighted by atomic mass is 32.2. The van der Waals surface area contributed by atoms with Gasteiger partial charge in [-0.1, -0.05) is 0 Å². The summed E-state index contributed by atoms with van der Waals surface area (Å²) >= 11 is 0. The Bertz CT molecular complexity index is 597. The summed E-state index contributed by atoms with van der Waals surface area (Å²) in [6.07, 6.45) is 2.72. The van der Waals surface area contributed by atoms with E-state index in [1.54, 1.807) is 0 Å². The van der Waals surface area contributed by atoms with Crippen LogP contribution in [-0.2, 0) is 10.0 Å². The molecule has 1 heterocycles. The topological polar surface area (TPSA) is 59.1 Å². The van der Waals surface area contributed by atoms with Crippen LogP contribution in [0.2, 0.25) is 0 Å². The number of nitrogens with one attached hydrogen (secondary N) is 1. The van der Waals surface area contributed by atoms with Gasteiger partial charge >= 0.3 is 0 Å². The van der Waals surface area contributed by atoms with E-state index >= 15 is 0 Å². The molecule has 0 fully saturated rings. The summed E-state index contributed by atoms with van der Waals surface area (Å²) in [5.41, 5.74) is 0.301. The van der Waals surface area contributed by atoms with Crippen LogP contribution in [0.25, 0.3) is 0 Å². The van der Waals surface area contributed by atoms with Crippen molar-refractivity contribution in [3.8, 4) is 0 Å². The van der Waals surface area contributed by atoms with Crippen molar-refractivity contribution in [2.45, 2.75) is 4.90 Å². The molecule has 0 aliphatic rings. The standard InChI is InChI=1S/C11H9FN2O2S/c12-9-3-5-10(6-4-9)14-17(15,16)11-2-1-7-13-8-11/h1-8,14H. The summed E-state index contributed by atoms with van der Waals surface area (Å²) in [5.74, 6) is -0.422. The molecule has 0 radical (unpaired) electrons. The molecule has 0 unspecified atom stereocenters. The average Bonchev–Trinajstić information content (AvgIpc) is 2.33. The maximum atomic E-state index is 12.7. The van der Waals surface area contributed by atoms with Gasteiger partial charge in [0.25, 0.3) is 10.0 Å². The number of hydrogen-bond acceptors (Lipinski definition) is 3. The molecule has 88 valence electrons. The van der Waals surface area contributed by atoms with Crippen molar-refractivity contribution in [3.63, 3.8) is 0 Å². The Balaban J connectivity index is 2.27. The maximum Gasteiger partial charge on any atom is 0.263 e. The van der Waals surface area contributed by atoms with E-state index in [2.05, 4.69) is 9.71 Å². The molecule has 4 nitrogen and oxygen atoms in total. The first kappa shape index (κ1) is 11.5. The zero-order valence-corrected chi connectivity index (χ0v) is 9.49. The van der Waals surface area contributed by atoms with Crippen LogP contribution in [0.4, 0.5) is 10.1 Å². The van der Waals surface area contributed by atoms with Crippen LogP contribution in [0.5, 0.6) is 0 Å². The number of rotatable bonds is 3. The number of anilines is 1. The third-order valence-corrected chi connectivity index (χ3v) is 3.41. The number of benzene rings is 1. The predicted molar refractivity (Wildman–Crippen MR) is 61.4 cm³/mol. The molecule has 0 spiro atoms. The van der Waals surface area contributed by atoms with Gasteiger partial charge in [-0.2, -0.15) is 0 Å². The van der Waals surface area contributed by atoms with Gasteiger partial charge in [0.2, 0.25) is 0 Å². The van der Waals surface area contributed by atoms with E-state index in [9.17, 15) is 12.8 Å². The SMILES string of the molecule is O=S(=O)(Nc1ccc(F)cc1)c1cccnc1. The van der Waals surface area contributed by atoms with Gasteiger partial charge in [0.05, 0.1) is 0 Å². The largest absolute Gasteiger partial charge is 0.280 e. The Labute approximate surface area is 98.2 Å². The van der Waals surface area contributed by atoms with Gasteiger partial charge in [-0.15, -0.1) is 0 Å². The van der Waals surface area contributed by atoms with E-state index < -0.39 is 15.8 Å². The van der Waals surface area contributed by atoms with Gasteiger partial charge in [-0.05, 0) is 36.4 Å². The lowest BCUT2D eigenvalue weighted by Crippen LogP contribution is -2.12. The Morgan fingerprint density at radius 3 is 2.41 bits per heavy atom. The molecule has 0 amide bonds. The number of hydrogen-bond donors (Lipinski definition) is 1. The van der Waals surface area contributed by atoms with Gasteiger partial charge in [0.1, 0.15) is 10.7 Å². The molecular formula is C11H9FN2O2S. The van der Waals surface area contributed by atoms with Gasteiger partial charge in [-0.25, -0.2) is 12.8 Å². The lowest BCUT2D eigenvalue weighted by Gasteiger charge is -2.07. The minimum absolute atomic E-state index is 0.0596. The van der Waals surface area contributed by atoms with Gasteiger partial charge < -0.3 is 0 Å². The smallest absolute Gasteiger partial charge is 0.263 e. The normalized spacial score (nSPS) is 11.1. The van der Waals surface area contributed by atoms with Crippen LogP contribution < -0.4 is 4.72 Å². The molecule has 0 aliphatic heterocycles. The molecule has 0 bridgehead atoms. The van der Waals surface area contributed by atoms with E-state index in [1.807, 2.05) is 0 Å². The fourth-order valence-corrected chi connectivity index (χ4v) is 2.26. The van der Waals surface area contributed by atoms with Crippen LogP contribution in [0.15, 0.2) is 53.7 Å². The second-order valence-electron chi connectivity index (χ2n) is 3.30. The molecule has 0 saturated carbocycles. The van der Waals surface area contributed by atoms with Crippen LogP contribution in [0.3, 0.4) is 0 Å². The van der Waals surface area contributed by atoms with Crippen molar-refractivity contribution in [1.82, 2.24) is 4.98 Å². The van der Waals surface area contributed by atoms with Gasteiger partial charge in [-0.3, -0.25) is 9.71 Å². The second-order valence-corrected chi connectivity index (χ2v) is 4.98. The van der Waals surface area contributed by atoms with Crippen molar-refractivity contribution in [3.05, 3.63) is 54.6 Å². The molecule has 2 aromatic rings. The monoisotopic (exact) mass is 252 g/mol. The summed E-state index contributed by atoms with van der Waals surface area (Å²) in [6.45, 7) is 0. The summed E-state index contributed by atoms with van der Waals surface area (Å²) < 4.78 is 38.7. The second kappa shape index (κ2) is 4.50. The highest BCUT2D eigenvalue weighted by Gasteiger charge is 2.13. The zero-order valence-electron chi connectivity index (χ0n) is 8.67. The number of nitrogens with zero attached hydrogens (tertiary/aromatic N) is 1. The van der Waals surface area contributed by atoms with E-state index in [1.165, 1.54) is 48.8 Å². The van der Waals surface area contributed by atoms with Crippen molar-refractivity contribution in [2.24, 2.45) is 0 Å². The summed E-state index contributed by atoms with van der Waals surface area (Å²) in [7, 11) is -3.66. The molecule has 17 heavy (non-hydrogen) atoms. The summed E-state index contributed by atoms with van der Waals surface area (Å²) in [5, 5.41) is 0. The highest BCUT2D eigenvalue weighted by molar-refractivity contribution is 7.92. The van der Waals surface area contributed by atoms with Crippen molar-refractivity contribution < 1.29 is 12.8 Å². The Kier molecular flexibility index (Phi) is 3.06. The first-order chi connectivity index (χ1) is 8.08. The van der Waals surface area contributed by atoms with Crippen LogP contribution >= 0.6 is 0 Å². The van der Waals surface area contributed by atoms with Crippen molar-refractivity contribution >= 4 is 15.7 Å². The van der Waals surface area contributed by atoms with Crippen LogP contribution in [-0.4, -0.2) is 13.4 Å². The number of aromatic nitrogens is 1. The van der Waals surface area contributed by atoms with E-state index in [0.717, 1.165) is 0 Å². The molecule has 1 N–H and O–H groups in total. The van der Waals surface area contributed by atoms with Crippen LogP contribution in [0, 0.1) is 5.82 Å². The molecule has 0 saturated heterocycles. The minimum atomic E-state index is -3.66. The Hall–Kier alpha value is -1.95. The third-order valence-electron chi connectivity index (χ3n) is 2.04. The molecule has 1 aromatic heterocycles. The molecule has 0 atom stereocenters. The molecular weight excluding hydrogens is 243 g/mol. The number of pyridine rings is 1. The molecule has 0 aliphatic carbocycles. The van der Waals surface area contributed by atoms with Crippen molar-refractivity contribution in [1.29, 1.82) is 0 Å². The first-order valence-corrected chi connectivity index (χ1v) is 6.25. The average molecular weight is 252 g/mol. The first-order valence-electron chi connectivity index (χ1n) is 4.76. The molecule has 2 rings (SSSR count). The van der Waals surface area contributed by atoms with Crippen molar-refractivity contribution in [2.75, 3.05) is 4.72 Å². The van der Waals surface area contributed by atoms with E-state index in [4.69, 9.17) is 0 Å². The third kappa shape index (κ3) is 2.79. The fourth-order valence-electron chi connectivity index (χ4n) is 1.24. The molecule has 6 heteroatoms. The predicted octanol–water partition coefficient (Wildman–Crippen LogP) is 2.02. The number of halogens is 1. The lowest BCUT2D eigenvalue weighted by molar-refractivity contribution is 0.600. The lowest BCUT2D eigenvalue weighted by atomic mass is 10.3.